The highest BCUT2D eigenvalue weighted by Crippen LogP contribution is 2.39. The molecule has 4 nitrogen and oxygen atoms in total. The van der Waals surface area contributed by atoms with E-state index < -0.39 is 0 Å². The molecule has 0 radical (unpaired) electrons. The van der Waals surface area contributed by atoms with Crippen LogP contribution in [0.2, 0.25) is 0 Å². The lowest BCUT2D eigenvalue weighted by Gasteiger charge is -2.53. The Bertz CT molecular complexity index is 458. The van der Waals surface area contributed by atoms with Crippen molar-refractivity contribution in [2.24, 2.45) is 5.41 Å². The molecule has 0 saturated carbocycles. The Labute approximate surface area is 133 Å². The van der Waals surface area contributed by atoms with Gasteiger partial charge in [0.25, 0.3) is 0 Å². The van der Waals surface area contributed by atoms with Crippen LogP contribution >= 0.6 is 0 Å². The molecule has 4 heteroatoms. The molecule has 2 aliphatic rings. The third-order valence-corrected chi connectivity index (χ3v) is 5.10. The van der Waals surface area contributed by atoms with Crippen molar-refractivity contribution < 1.29 is 9.84 Å². The number of hydrogen-bond donors (Lipinski definition) is 1. The van der Waals surface area contributed by atoms with E-state index in [0.29, 0.717) is 5.41 Å². The van der Waals surface area contributed by atoms with Crippen molar-refractivity contribution in [2.75, 3.05) is 46.4 Å². The van der Waals surface area contributed by atoms with E-state index >= 15 is 0 Å². The molecule has 22 heavy (non-hydrogen) atoms. The molecule has 2 aliphatic heterocycles. The standard InChI is InChI=1S/C18H28N2O2/c1-19-14-18(15-19)8-11-20(12-9-18)10-2-3-13-22-17-6-4-16(21)5-7-17/h4-7,21H,2-3,8-15H2,1H3. The zero-order chi connectivity index (χ0) is 15.4. The van der Waals surface area contributed by atoms with Gasteiger partial charge in [-0.3, -0.25) is 0 Å². The van der Waals surface area contributed by atoms with E-state index in [9.17, 15) is 5.11 Å². The third-order valence-electron chi connectivity index (χ3n) is 5.10. The number of ether oxygens (including phenoxy) is 1. The SMILES string of the molecule is CN1CC2(CCN(CCCCOc3ccc(O)cc3)CC2)C1. The number of piperidine rings is 1. The first kappa shape index (κ1) is 15.6. The Kier molecular flexibility index (Phi) is 4.89. The molecular formula is C18H28N2O2. The Balaban J connectivity index is 1.26. The van der Waals surface area contributed by atoms with Crippen molar-refractivity contribution >= 4 is 0 Å². The monoisotopic (exact) mass is 304 g/mol. The Morgan fingerprint density at radius 2 is 1.77 bits per heavy atom. The second kappa shape index (κ2) is 6.88. The first-order valence-corrected chi connectivity index (χ1v) is 8.48. The first-order chi connectivity index (χ1) is 10.7. The van der Waals surface area contributed by atoms with Crippen LogP contribution in [0.15, 0.2) is 24.3 Å². The quantitative estimate of drug-likeness (QED) is 0.820. The van der Waals surface area contributed by atoms with Gasteiger partial charge in [-0.2, -0.15) is 0 Å². The van der Waals surface area contributed by atoms with Gasteiger partial charge in [0.15, 0.2) is 0 Å². The number of phenolic OH excluding ortho intramolecular Hbond substituents is 1. The Morgan fingerprint density at radius 3 is 2.41 bits per heavy atom. The summed E-state index contributed by atoms with van der Waals surface area (Å²) in [5, 5.41) is 9.22. The highest BCUT2D eigenvalue weighted by molar-refractivity contribution is 5.29. The van der Waals surface area contributed by atoms with Crippen molar-refractivity contribution in [1.82, 2.24) is 9.80 Å². The van der Waals surface area contributed by atoms with E-state index in [-0.39, 0.29) is 5.75 Å². The molecular weight excluding hydrogens is 276 g/mol. The lowest BCUT2D eigenvalue weighted by Crippen LogP contribution is -2.58. The maximum absolute atomic E-state index is 9.22. The number of phenols is 1. The molecule has 2 saturated heterocycles. The van der Waals surface area contributed by atoms with Crippen LogP contribution in [0.1, 0.15) is 25.7 Å². The summed E-state index contributed by atoms with van der Waals surface area (Å²) in [5.74, 6) is 1.12. The van der Waals surface area contributed by atoms with Crippen LogP contribution in [0.5, 0.6) is 11.5 Å². The van der Waals surface area contributed by atoms with E-state index in [2.05, 4.69) is 16.8 Å². The van der Waals surface area contributed by atoms with Gasteiger partial charge in [0, 0.05) is 13.1 Å². The second-order valence-corrected chi connectivity index (χ2v) is 7.06. The largest absolute Gasteiger partial charge is 0.508 e. The molecule has 0 unspecified atom stereocenters. The van der Waals surface area contributed by atoms with Crippen LogP contribution in [0.3, 0.4) is 0 Å². The van der Waals surface area contributed by atoms with Gasteiger partial charge < -0.3 is 19.6 Å². The maximum Gasteiger partial charge on any atom is 0.119 e. The highest BCUT2D eigenvalue weighted by atomic mass is 16.5. The molecule has 0 amide bonds. The smallest absolute Gasteiger partial charge is 0.119 e. The zero-order valence-electron chi connectivity index (χ0n) is 13.6. The predicted octanol–water partition coefficient (Wildman–Crippen LogP) is 2.58. The van der Waals surface area contributed by atoms with Crippen molar-refractivity contribution in [3.8, 4) is 11.5 Å². The lowest BCUT2D eigenvalue weighted by atomic mass is 9.72. The van der Waals surface area contributed by atoms with Gasteiger partial charge in [-0.15, -0.1) is 0 Å². The molecule has 3 rings (SSSR count). The van der Waals surface area contributed by atoms with Crippen LogP contribution in [-0.4, -0.2) is 61.3 Å². The fourth-order valence-corrected chi connectivity index (χ4v) is 3.84. The van der Waals surface area contributed by atoms with Gasteiger partial charge in [0.2, 0.25) is 0 Å². The minimum atomic E-state index is 0.285. The summed E-state index contributed by atoms with van der Waals surface area (Å²) in [6, 6.07) is 6.96. The van der Waals surface area contributed by atoms with Crippen LogP contribution in [-0.2, 0) is 0 Å². The van der Waals surface area contributed by atoms with E-state index in [1.54, 1.807) is 12.1 Å². The molecule has 2 fully saturated rings. The normalized spacial score (nSPS) is 21.7. The molecule has 2 heterocycles. The number of unbranched alkanes of at least 4 members (excludes halogenated alkanes) is 1. The summed E-state index contributed by atoms with van der Waals surface area (Å²) >= 11 is 0. The number of rotatable bonds is 6. The van der Waals surface area contributed by atoms with E-state index in [1.165, 1.54) is 52.0 Å². The zero-order valence-corrected chi connectivity index (χ0v) is 13.6. The summed E-state index contributed by atoms with van der Waals surface area (Å²) < 4.78 is 5.69. The van der Waals surface area contributed by atoms with Gasteiger partial charge in [0.05, 0.1) is 6.61 Å². The average molecular weight is 304 g/mol. The molecule has 0 aromatic heterocycles. The van der Waals surface area contributed by atoms with Crippen molar-refractivity contribution in [3.05, 3.63) is 24.3 Å². The molecule has 0 aliphatic carbocycles. The predicted molar refractivity (Wildman–Crippen MR) is 88.4 cm³/mol. The summed E-state index contributed by atoms with van der Waals surface area (Å²) in [6.45, 7) is 7.11. The van der Waals surface area contributed by atoms with E-state index in [4.69, 9.17) is 4.74 Å². The molecule has 1 N–H and O–H groups in total. The summed E-state index contributed by atoms with van der Waals surface area (Å²) in [6.07, 6.45) is 5.04. The first-order valence-electron chi connectivity index (χ1n) is 8.48. The number of hydrogen-bond acceptors (Lipinski definition) is 4. The number of nitrogens with zero attached hydrogens (tertiary/aromatic N) is 2. The van der Waals surface area contributed by atoms with Crippen molar-refractivity contribution in [2.45, 2.75) is 25.7 Å². The van der Waals surface area contributed by atoms with E-state index in [0.717, 1.165) is 18.8 Å². The summed E-state index contributed by atoms with van der Waals surface area (Å²) in [5.41, 5.74) is 0.660. The van der Waals surface area contributed by atoms with Crippen LogP contribution < -0.4 is 4.74 Å². The third kappa shape index (κ3) is 3.93. The van der Waals surface area contributed by atoms with Gasteiger partial charge in [0.1, 0.15) is 11.5 Å². The van der Waals surface area contributed by atoms with Gasteiger partial charge in [-0.05, 0) is 82.0 Å². The van der Waals surface area contributed by atoms with Crippen molar-refractivity contribution in [3.63, 3.8) is 0 Å². The molecule has 1 aromatic rings. The lowest BCUT2D eigenvalue weighted by molar-refractivity contribution is -0.0315. The minimum Gasteiger partial charge on any atom is -0.508 e. The molecule has 0 bridgehead atoms. The van der Waals surface area contributed by atoms with Gasteiger partial charge in [-0.25, -0.2) is 0 Å². The Hall–Kier alpha value is -1.26. The molecule has 0 atom stereocenters. The molecule has 1 aromatic carbocycles. The summed E-state index contributed by atoms with van der Waals surface area (Å²) in [7, 11) is 2.23. The maximum atomic E-state index is 9.22. The topological polar surface area (TPSA) is 35.9 Å². The van der Waals surface area contributed by atoms with Gasteiger partial charge >= 0.3 is 0 Å². The highest BCUT2D eigenvalue weighted by Gasteiger charge is 2.42. The minimum absolute atomic E-state index is 0.285. The van der Waals surface area contributed by atoms with Gasteiger partial charge in [-0.1, -0.05) is 0 Å². The molecule has 1 spiro atoms. The Morgan fingerprint density at radius 1 is 1.09 bits per heavy atom. The number of aromatic hydroxyl groups is 1. The van der Waals surface area contributed by atoms with Crippen LogP contribution in [0.4, 0.5) is 0 Å². The summed E-state index contributed by atoms with van der Waals surface area (Å²) in [4.78, 5) is 5.06. The fourth-order valence-electron chi connectivity index (χ4n) is 3.84. The average Bonchev–Trinajstić information content (AvgIpc) is 2.49. The molecule has 122 valence electrons. The van der Waals surface area contributed by atoms with Crippen LogP contribution in [0, 0.1) is 5.41 Å². The second-order valence-electron chi connectivity index (χ2n) is 7.06. The van der Waals surface area contributed by atoms with Crippen LogP contribution in [0.25, 0.3) is 0 Å². The number of benzene rings is 1. The number of likely N-dealkylation sites (tertiary alicyclic amines) is 2. The van der Waals surface area contributed by atoms with Crippen molar-refractivity contribution in [1.29, 1.82) is 0 Å². The van der Waals surface area contributed by atoms with E-state index in [1.807, 2.05) is 12.1 Å². The fraction of sp³-hybridized carbons (Fsp3) is 0.667.